The van der Waals surface area contributed by atoms with Gasteiger partial charge in [0.25, 0.3) is 0 Å². The van der Waals surface area contributed by atoms with Gasteiger partial charge in [0.1, 0.15) is 31.2 Å². The lowest BCUT2D eigenvalue weighted by molar-refractivity contribution is -0.155. The lowest BCUT2D eigenvalue weighted by atomic mass is 10.3. The van der Waals surface area contributed by atoms with Gasteiger partial charge in [0.15, 0.2) is 0 Å². The third kappa shape index (κ3) is 30.4. The summed E-state index contributed by atoms with van der Waals surface area (Å²) in [5, 5.41) is 0. The fraction of sp³-hybridized carbons (Fsp3) is 0.524. The van der Waals surface area contributed by atoms with E-state index in [-0.39, 0.29) is 48.7 Å². The Kier molecular flexibility index (Phi) is 38.9. The number of hydrogen-bond donors (Lipinski definition) is 0. The van der Waals surface area contributed by atoms with Crippen LogP contribution in [0.2, 0.25) is 0 Å². The van der Waals surface area contributed by atoms with Gasteiger partial charge in [-0.05, 0) is 78.8 Å². The first-order chi connectivity index (χ1) is 28.7. The molecule has 0 N–H and O–H groups in total. The van der Waals surface area contributed by atoms with Crippen LogP contribution in [-0.2, 0) is 71.6 Å². The number of rotatable bonds is 18. The second kappa shape index (κ2) is 37.4. The van der Waals surface area contributed by atoms with Gasteiger partial charge in [-0.15, -0.1) is 0 Å². The van der Waals surface area contributed by atoms with Crippen LogP contribution < -0.4 is 0 Å². The van der Waals surface area contributed by atoms with Crippen LogP contribution in [0.3, 0.4) is 0 Å². The van der Waals surface area contributed by atoms with Crippen molar-refractivity contribution in [1.82, 2.24) is 24.5 Å². The molecule has 0 rings (SSSR count). The first-order valence-corrected chi connectivity index (χ1v) is 18.8. The lowest BCUT2D eigenvalue weighted by Gasteiger charge is -2.22. The quantitative estimate of drug-likeness (QED) is 0.108. The van der Waals surface area contributed by atoms with Gasteiger partial charge in [-0.3, -0.25) is 33.6 Å². The highest BCUT2D eigenvalue weighted by molar-refractivity contribution is 5.92. The van der Waals surface area contributed by atoms with Crippen LogP contribution >= 0.6 is 0 Å². The smallest absolute Gasteiger partial charge is 0.328 e. The molecule has 20 heteroatoms. The van der Waals surface area contributed by atoms with E-state index < -0.39 is 48.0 Å². The molecular weight excluding hydrogens is 814 g/mol. The molecule has 0 saturated heterocycles. The first kappa shape index (κ1) is 64.5. The summed E-state index contributed by atoms with van der Waals surface area (Å²) in [7, 11) is 10.2. The Morgan fingerprint density at radius 2 is 0.758 bits per heavy atom. The van der Waals surface area contributed by atoms with Crippen molar-refractivity contribution in [2.75, 3.05) is 75.8 Å². The summed E-state index contributed by atoms with van der Waals surface area (Å²) in [6.45, 7) is 28.9. The number of hydrogen-bond acceptors (Lipinski definition) is 15. The molecule has 0 saturated carbocycles. The second-order valence-corrected chi connectivity index (χ2v) is 12.4. The zero-order chi connectivity index (χ0) is 49.9. The molecule has 0 spiro atoms. The minimum absolute atomic E-state index is 0.0291. The maximum absolute atomic E-state index is 11.4. The molecule has 0 aromatic heterocycles. The van der Waals surface area contributed by atoms with Gasteiger partial charge in [0.05, 0.1) is 33.5 Å². The summed E-state index contributed by atoms with van der Waals surface area (Å²) in [5.74, 6) is -3.56. The topological polar surface area (TPSA) is 233 Å². The molecule has 0 aromatic carbocycles. The predicted molar refractivity (Wildman–Crippen MR) is 231 cm³/mol. The van der Waals surface area contributed by atoms with E-state index in [1.165, 1.54) is 80.0 Å². The molecule has 0 fully saturated rings. The summed E-state index contributed by atoms with van der Waals surface area (Å²) < 4.78 is 23.2. The molecule has 352 valence electrons. The molecule has 0 bridgehead atoms. The van der Waals surface area contributed by atoms with Gasteiger partial charge in [-0.2, -0.15) is 0 Å². The fourth-order valence-electron chi connectivity index (χ4n) is 3.37. The van der Waals surface area contributed by atoms with Crippen LogP contribution in [0, 0.1) is 0 Å². The number of amides is 5. The van der Waals surface area contributed by atoms with E-state index >= 15 is 0 Å². The Hall–Kier alpha value is -6.60. The van der Waals surface area contributed by atoms with Crippen molar-refractivity contribution in [1.29, 1.82) is 0 Å². The Labute approximate surface area is 366 Å². The number of carbonyl (C=O) groups excluding carboxylic acids is 10. The second-order valence-electron chi connectivity index (χ2n) is 12.4. The molecule has 0 aromatic rings. The SMILES string of the molecule is C=CC(=O)N(C)C(C)C(=O)OC.C=CC(=O)N(C)C(C)C(=O)OC(C)C.C=CC(=O)N(C)C(C)C(=O)OCC.C=CC(=O)N(C)CC(=O)OC.C=CC(=O)N(C)CC(=O)OCC. The van der Waals surface area contributed by atoms with Gasteiger partial charge in [-0.1, -0.05) is 32.9 Å². The van der Waals surface area contributed by atoms with Crippen LogP contribution in [0.25, 0.3) is 0 Å². The molecule has 0 heterocycles. The maximum Gasteiger partial charge on any atom is 0.328 e. The Balaban J connectivity index is -0.000000219. The maximum atomic E-state index is 11.4. The van der Waals surface area contributed by atoms with Gasteiger partial charge in [0.2, 0.25) is 29.5 Å². The van der Waals surface area contributed by atoms with Crippen molar-refractivity contribution in [3.8, 4) is 0 Å². The van der Waals surface area contributed by atoms with Crippen LogP contribution in [0.1, 0.15) is 48.5 Å². The van der Waals surface area contributed by atoms with E-state index in [9.17, 15) is 47.9 Å². The lowest BCUT2D eigenvalue weighted by Crippen LogP contribution is -2.41. The van der Waals surface area contributed by atoms with Gasteiger partial charge >= 0.3 is 29.8 Å². The van der Waals surface area contributed by atoms with E-state index in [2.05, 4.69) is 47.1 Å². The van der Waals surface area contributed by atoms with Crippen molar-refractivity contribution in [2.45, 2.75) is 72.7 Å². The summed E-state index contributed by atoms with van der Waals surface area (Å²) in [6.07, 6.45) is 5.61. The molecule has 3 unspecified atom stereocenters. The standard InChI is InChI=1S/C10H17NO3.C9H15NO3.2C8H13NO3.C7H11NO3/c1-6-9(12)11(5)8(4)10(13)14-7(2)3;1-5-8(11)10(4)7(3)9(12)13-6-2;1-5-7(10)9(3)6(2)8(11)12-4;1-4-7(10)9(3)6-8(11)12-5-2;1-4-6(9)8(2)5-7(10)11-3/h6-8H,1H2,2-5H3;5,7H,1,6H2,2-4H3;5-6H,1H2,2-4H3;4H,1,5-6H2,2-3H3;4H,1,5H2,2-3H3. The summed E-state index contributed by atoms with van der Waals surface area (Å²) in [5.41, 5.74) is 0. The van der Waals surface area contributed by atoms with Crippen molar-refractivity contribution in [2.24, 2.45) is 0 Å². The van der Waals surface area contributed by atoms with Crippen LogP contribution in [-0.4, -0.2) is 184 Å². The number of ether oxygens (including phenoxy) is 5. The van der Waals surface area contributed by atoms with E-state index in [4.69, 9.17) is 9.47 Å². The minimum Gasteiger partial charge on any atom is -0.468 e. The highest BCUT2D eigenvalue weighted by Gasteiger charge is 2.23. The van der Waals surface area contributed by atoms with Crippen LogP contribution in [0.4, 0.5) is 0 Å². The monoisotopic (exact) mass is 883 g/mol. The third-order valence-corrected chi connectivity index (χ3v) is 7.54. The summed E-state index contributed by atoms with van der Waals surface area (Å²) in [4.78, 5) is 116. The minimum atomic E-state index is -0.581. The molecule has 62 heavy (non-hydrogen) atoms. The van der Waals surface area contributed by atoms with Crippen molar-refractivity contribution in [3.05, 3.63) is 63.3 Å². The Morgan fingerprint density at radius 3 is 1.03 bits per heavy atom. The molecule has 5 amide bonds. The molecule has 0 aliphatic heterocycles. The number of nitrogens with zero attached hydrogens (tertiary/aromatic N) is 5. The largest absolute Gasteiger partial charge is 0.468 e. The molecule has 0 radical (unpaired) electrons. The van der Waals surface area contributed by atoms with E-state index in [1.807, 2.05) is 0 Å². The number of methoxy groups -OCH3 is 2. The molecular formula is C42H69N5O15. The predicted octanol–water partition coefficient (Wildman–Crippen LogP) is 1.74. The van der Waals surface area contributed by atoms with Gasteiger partial charge in [-0.25, -0.2) is 14.4 Å². The van der Waals surface area contributed by atoms with Gasteiger partial charge in [0, 0.05) is 35.2 Å². The van der Waals surface area contributed by atoms with E-state index in [1.54, 1.807) is 48.5 Å². The average Bonchev–Trinajstić information content (AvgIpc) is 3.25. The van der Waals surface area contributed by atoms with Crippen LogP contribution in [0.15, 0.2) is 63.3 Å². The van der Waals surface area contributed by atoms with Crippen LogP contribution in [0.5, 0.6) is 0 Å². The third-order valence-electron chi connectivity index (χ3n) is 7.54. The number of likely N-dealkylation sites (N-methyl/N-ethyl adjacent to an activating group) is 5. The first-order valence-electron chi connectivity index (χ1n) is 18.8. The zero-order valence-corrected chi connectivity index (χ0v) is 38.9. The van der Waals surface area contributed by atoms with Crippen molar-refractivity contribution < 1.29 is 71.6 Å². The highest BCUT2D eigenvalue weighted by atomic mass is 16.6. The van der Waals surface area contributed by atoms with E-state index in [0.29, 0.717) is 13.2 Å². The molecule has 20 nitrogen and oxygen atoms in total. The molecule has 0 aliphatic carbocycles. The van der Waals surface area contributed by atoms with Crippen molar-refractivity contribution >= 4 is 59.4 Å². The zero-order valence-electron chi connectivity index (χ0n) is 38.9. The fourth-order valence-corrected chi connectivity index (χ4v) is 3.37. The Morgan fingerprint density at radius 1 is 0.452 bits per heavy atom. The van der Waals surface area contributed by atoms with Crippen molar-refractivity contribution in [3.63, 3.8) is 0 Å². The average molecular weight is 884 g/mol. The Bertz CT molecular complexity index is 1530. The molecule has 3 atom stereocenters. The normalized spacial score (nSPS) is 10.6. The van der Waals surface area contributed by atoms with E-state index in [0.717, 1.165) is 24.3 Å². The number of carbonyl (C=O) groups is 10. The van der Waals surface area contributed by atoms with Gasteiger partial charge < -0.3 is 48.2 Å². The number of esters is 5. The summed E-state index contributed by atoms with van der Waals surface area (Å²) in [6, 6.07) is -1.71. The summed E-state index contributed by atoms with van der Waals surface area (Å²) >= 11 is 0. The molecule has 0 aliphatic rings. The highest BCUT2D eigenvalue weighted by Crippen LogP contribution is 2.03.